The molecule has 1 aromatic heterocycles. The zero-order chi connectivity index (χ0) is 9.26. The molecule has 0 aliphatic heterocycles. The number of hydrogen-bond donors (Lipinski definition) is 2. The molecule has 1 amide bonds. The van der Waals surface area contributed by atoms with E-state index in [2.05, 4.69) is 4.98 Å². The Hall–Kier alpha value is -1.77. The van der Waals surface area contributed by atoms with Crippen LogP contribution in [0.3, 0.4) is 0 Å². The van der Waals surface area contributed by atoms with Crippen LogP contribution in [0.1, 0.15) is 6.42 Å². The number of carbonyl (C=O) groups excluding carboxylic acids is 1. The van der Waals surface area contributed by atoms with Gasteiger partial charge in [0.25, 0.3) is 0 Å². The summed E-state index contributed by atoms with van der Waals surface area (Å²) >= 11 is 0. The minimum atomic E-state index is -0.373. The smallest absolute Gasteiger partial charge is 0.248 e. The van der Waals surface area contributed by atoms with Crippen molar-refractivity contribution >= 4 is 18.1 Å². The minimum Gasteiger partial charge on any atom is -0.366 e. The molecule has 1 aliphatic carbocycles. The minimum absolute atomic E-state index is 0.373. The molecule has 66 valence electrons. The zero-order valence-electron chi connectivity index (χ0n) is 7.08. The van der Waals surface area contributed by atoms with E-state index in [0.29, 0.717) is 5.57 Å². The lowest BCUT2D eigenvalue weighted by atomic mass is 10.2. The van der Waals surface area contributed by atoms with Gasteiger partial charge in [-0.25, -0.2) is 0 Å². The molecule has 2 rings (SSSR count). The van der Waals surface area contributed by atoms with Crippen LogP contribution in [0.2, 0.25) is 0 Å². The SMILES string of the molecule is NC(=O)C1=CCC=c2[nH]ccc2=C1. The predicted molar refractivity (Wildman–Crippen MR) is 50.9 cm³/mol. The van der Waals surface area contributed by atoms with Crippen molar-refractivity contribution in [1.82, 2.24) is 4.98 Å². The molecule has 0 saturated heterocycles. The molecule has 0 atom stereocenters. The van der Waals surface area contributed by atoms with E-state index in [1.807, 2.05) is 24.4 Å². The maximum atomic E-state index is 10.9. The number of aromatic nitrogens is 1. The fourth-order valence-corrected chi connectivity index (χ4v) is 1.40. The Morgan fingerprint density at radius 2 is 2.31 bits per heavy atom. The largest absolute Gasteiger partial charge is 0.366 e. The van der Waals surface area contributed by atoms with Gasteiger partial charge in [-0.15, -0.1) is 0 Å². The quantitative estimate of drug-likeness (QED) is 0.586. The Kier molecular flexibility index (Phi) is 1.77. The van der Waals surface area contributed by atoms with Crippen molar-refractivity contribution in [2.45, 2.75) is 6.42 Å². The van der Waals surface area contributed by atoms with E-state index in [0.717, 1.165) is 17.0 Å². The third-order valence-electron chi connectivity index (χ3n) is 2.07. The van der Waals surface area contributed by atoms with Crippen LogP contribution < -0.4 is 16.3 Å². The Morgan fingerprint density at radius 1 is 1.46 bits per heavy atom. The van der Waals surface area contributed by atoms with Gasteiger partial charge in [0.05, 0.1) is 0 Å². The van der Waals surface area contributed by atoms with Crippen molar-refractivity contribution in [3.8, 4) is 0 Å². The van der Waals surface area contributed by atoms with E-state index in [-0.39, 0.29) is 5.91 Å². The molecule has 3 N–H and O–H groups in total. The van der Waals surface area contributed by atoms with E-state index in [1.165, 1.54) is 0 Å². The molecule has 1 heterocycles. The average Bonchev–Trinajstić information content (AvgIpc) is 2.42. The van der Waals surface area contributed by atoms with Crippen molar-refractivity contribution in [3.05, 3.63) is 34.5 Å². The van der Waals surface area contributed by atoms with Crippen molar-refractivity contribution in [2.24, 2.45) is 5.73 Å². The third-order valence-corrected chi connectivity index (χ3v) is 2.07. The van der Waals surface area contributed by atoms with Crippen molar-refractivity contribution in [1.29, 1.82) is 0 Å². The number of primary amides is 1. The molecule has 0 saturated carbocycles. The highest BCUT2D eigenvalue weighted by atomic mass is 16.1. The van der Waals surface area contributed by atoms with Crippen molar-refractivity contribution in [3.63, 3.8) is 0 Å². The molecule has 0 aromatic carbocycles. The number of rotatable bonds is 1. The van der Waals surface area contributed by atoms with Crippen LogP contribution >= 0.6 is 0 Å². The highest BCUT2D eigenvalue weighted by Gasteiger charge is 2.02. The van der Waals surface area contributed by atoms with Gasteiger partial charge in [0.15, 0.2) is 0 Å². The topological polar surface area (TPSA) is 58.9 Å². The summed E-state index contributed by atoms with van der Waals surface area (Å²) in [7, 11) is 0. The molecule has 0 bridgehead atoms. The lowest BCUT2D eigenvalue weighted by Crippen LogP contribution is -2.22. The molecule has 3 nitrogen and oxygen atoms in total. The van der Waals surface area contributed by atoms with Crippen LogP contribution in [0.25, 0.3) is 12.2 Å². The first kappa shape index (κ1) is 7.86. The summed E-state index contributed by atoms with van der Waals surface area (Å²) in [4.78, 5) is 14.0. The van der Waals surface area contributed by atoms with Gasteiger partial charge in [-0.2, -0.15) is 0 Å². The van der Waals surface area contributed by atoms with Gasteiger partial charge >= 0.3 is 0 Å². The summed E-state index contributed by atoms with van der Waals surface area (Å²) in [5, 5.41) is 2.06. The van der Waals surface area contributed by atoms with Crippen molar-refractivity contribution in [2.75, 3.05) is 0 Å². The highest BCUT2D eigenvalue weighted by Crippen LogP contribution is 2.00. The number of nitrogens with one attached hydrogen (secondary N) is 1. The maximum absolute atomic E-state index is 10.9. The van der Waals surface area contributed by atoms with Gasteiger partial charge in [0, 0.05) is 17.1 Å². The maximum Gasteiger partial charge on any atom is 0.248 e. The number of aromatic amines is 1. The Balaban J connectivity index is 2.62. The van der Waals surface area contributed by atoms with E-state index in [1.54, 1.807) is 6.08 Å². The van der Waals surface area contributed by atoms with Gasteiger partial charge in [-0.1, -0.05) is 12.2 Å². The Labute approximate surface area is 75.3 Å². The second kappa shape index (κ2) is 2.94. The Morgan fingerprint density at radius 3 is 3.08 bits per heavy atom. The molecule has 0 radical (unpaired) electrons. The third kappa shape index (κ3) is 1.40. The standard InChI is InChI=1S/C10H10N2O/c11-10(13)8-2-1-3-9-7(6-8)4-5-12-9/h2-6,12H,1H2,(H2,11,13). The molecule has 0 fully saturated rings. The fourth-order valence-electron chi connectivity index (χ4n) is 1.40. The average molecular weight is 174 g/mol. The van der Waals surface area contributed by atoms with Crippen LogP contribution in [-0.4, -0.2) is 10.9 Å². The summed E-state index contributed by atoms with van der Waals surface area (Å²) in [6.45, 7) is 0. The number of H-pyrrole nitrogens is 1. The lowest BCUT2D eigenvalue weighted by Gasteiger charge is -1.91. The highest BCUT2D eigenvalue weighted by molar-refractivity contribution is 6.00. The summed E-state index contributed by atoms with van der Waals surface area (Å²) < 4.78 is 0. The van der Waals surface area contributed by atoms with Crippen LogP contribution in [0.4, 0.5) is 0 Å². The molecule has 1 aliphatic rings. The lowest BCUT2D eigenvalue weighted by molar-refractivity contribution is -0.114. The van der Waals surface area contributed by atoms with E-state index in [9.17, 15) is 4.79 Å². The number of amides is 1. The predicted octanol–water partition coefficient (Wildman–Crippen LogP) is -0.609. The fraction of sp³-hybridized carbons (Fsp3) is 0.100. The van der Waals surface area contributed by atoms with Crippen molar-refractivity contribution < 1.29 is 4.79 Å². The molecule has 1 aromatic rings. The molecule has 0 spiro atoms. The monoisotopic (exact) mass is 174 g/mol. The van der Waals surface area contributed by atoms with Crippen LogP contribution in [0, 0.1) is 0 Å². The van der Waals surface area contributed by atoms with Gasteiger partial charge in [0.1, 0.15) is 0 Å². The summed E-state index contributed by atoms with van der Waals surface area (Å²) in [6, 6.07) is 1.92. The van der Waals surface area contributed by atoms with Crippen LogP contribution in [-0.2, 0) is 4.79 Å². The van der Waals surface area contributed by atoms with Gasteiger partial charge < -0.3 is 10.7 Å². The number of carbonyl (C=O) groups is 1. The van der Waals surface area contributed by atoms with E-state index in [4.69, 9.17) is 5.73 Å². The first-order chi connectivity index (χ1) is 6.27. The number of hydrogen-bond acceptors (Lipinski definition) is 1. The molecular weight excluding hydrogens is 164 g/mol. The first-order valence-corrected chi connectivity index (χ1v) is 4.12. The summed E-state index contributed by atoms with van der Waals surface area (Å²) in [6.07, 6.45) is 8.25. The van der Waals surface area contributed by atoms with E-state index < -0.39 is 0 Å². The number of nitrogens with two attached hydrogens (primary N) is 1. The molecule has 0 unspecified atom stereocenters. The molecule has 13 heavy (non-hydrogen) atoms. The second-order valence-corrected chi connectivity index (χ2v) is 2.95. The summed E-state index contributed by atoms with van der Waals surface area (Å²) in [5.74, 6) is -0.373. The molecular formula is C10H10N2O. The zero-order valence-corrected chi connectivity index (χ0v) is 7.08. The normalized spacial score (nSPS) is 14.6. The number of allylic oxidation sites excluding steroid dienone is 1. The first-order valence-electron chi connectivity index (χ1n) is 4.12. The van der Waals surface area contributed by atoms with Crippen LogP contribution in [0.5, 0.6) is 0 Å². The molecule has 3 heteroatoms. The van der Waals surface area contributed by atoms with Gasteiger partial charge in [-0.05, 0) is 23.8 Å². The van der Waals surface area contributed by atoms with E-state index >= 15 is 0 Å². The van der Waals surface area contributed by atoms with Gasteiger partial charge in [-0.3, -0.25) is 4.79 Å². The summed E-state index contributed by atoms with van der Waals surface area (Å²) in [5.41, 5.74) is 5.78. The van der Waals surface area contributed by atoms with Crippen LogP contribution in [0.15, 0.2) is 23.9 Å². The van der Waals surface area contributed by atoms with Gasteiger partial charge in [0.2, 0.25) is 5.91 Å². The second-order valence-electron chi connectivity index (χ2n) is 2.95. The number of fused-ring (bicyclic) bond motifs is 1. The Bertz CT molecular complexity index is 479.